The first kappa shape index (κ1) is 15.9. The number of carboxylic acid groups (broad SMARTS) is 1. The summed E-state index contributed by atoms with van der Waals surface area (Å²) in [6.45, 7) is 1.07. The van der Waals surface area contributed by atoms with Crippen molar-refractivity contribution >= 4 is 17.9 Å². The van der Waals surface area contributed by atoms with Gasteiger partial charge in [-0.2, -0.15) is 0 Å². The number of rotatable bonds is 3. The Labute approximate surface area is 139 Å². The third kappa shape index (κ3) is 3.84. The highest BCUT2D eigenvalue weighted by Gasteiger charge is 2.26. The molecule has 24 heavy (non-hydrogen) atoms. The molecule has 1 unspecified atom stereocenters. The minimum Gasteiger partial charge on any atom is -0.465 e. The molecule has 2 aromatic rings. The Hall–Kier alpha value is -3.02. The van der Waals surface area contributed by atoms with Gasteiger partial charge < -0.3 is 14.7 Å². The van der Waals surface area contributed by atoms with Gasteiger partial charge in [0.1, 0.15) is 5.75 Å². The van der Waals surface area contributed by atoms with Crippen LogP contribution in [0.25, 0.3) is 0 Å². The van der Waals surface area contributed by atoms with E-state index < -0.39 is 12.2 Å². The van der Waals surface area contributed by atoms with Crippen molar-refractivity contribution in [2.75, 3.05) is 18.4 Å². The predicted octanol–water partition coefficient (Wildman–Crippen LogP) is 3.76. The fraction of sp³-hybridized carbons (Fsp3) is 0.222. The lowest BCUT2D eigenvalue weighted by Crippen LogP contribution is -2.26. The number of amides is 2. The molecule has 1 atom stereocenters. The highest BCUT2D eigenvalue weighted by Crippen LogP contribution is 2.28. The Kier molecular flexibility index (Phi) is 4.65. The molecule has 1 fully saturated rings. The molecule has 6 heteroatoms. The van der Waals surface area contributed by atoms with Crippen LogP contribution in [0.3, 0.4) is 0 Å². The standard InChI is InChI=1S/C18H18N2O4/c21-17(24-16-4-2-1-3-5-16)19-15-8-6-13(7-9-15)14-10-11-20(12-14)18(22)23/h1-9,14H,10-12H2,(H,19,21)(H,22,23). The molecule has 0 aromatic heterocycles. The third-order valence-corrected chi connectivity index (χ3v) is 4.04. The molecule has 0 bridgehead atoms. The SMILES string of the molecule is O=C(Nc1ccc(C2CCN(C(=O)O)C2)cc1)Oc1ccccc1. The van der Waals surface area contributed by atoms with Crippen molar-refractivity contribution in [1.29, 1.82) is 0 Å². The van der Waals surface area contributed by atoms with Crippen molar-refractivity contribution in [3.8, 4) is 5.75 Å². The minimum absolute atomic E-state index is 0.200. The second-order valence-corrected chi connectivity index (χ2v) is 5.66. The summed E-state index contributed by atoms with van der Waals surface area (Å²) in [6, 6.07) is 16.3. The Bertz CT molecular complexity index is 716. The van der Waals surface area contributed by atoms with Crippen molar-refractivity contribution in [1.82, 2.24) is 4.90 Å². The highest BCUT2D eigenvalue weighted by molar-refractivity contribution is 5.86. The number of likely N-dealkylation sites (tertiary alicyclic amines) is 1. The maximum Gasteiger partial charge on any atom is 0.417 e. The normalized spacial score (nSPS) is 16.7. The molecule has 2 amide bonds. The Morgan fingerprint density at radius 3 is 2.42 bits per heavy atom. The smallest absolute Gasteiger partial charge is 0.417 e. The van der Waals surface area contributed by atoms with E-state index in [-0.39, 0.29) is 5.92 Å². The molecule has 0 spiro atoms. The molecular weight excluding hydrogens is 308 g/mol. The summed E-state index contributed by atoms with van der Waals surface area (Å²) in [6.07, 6.45) is -0.610. The van der Waals surface area contributed by atoms with Gasteiger partial charge in [-0.3, -0.25) is 5.32 Å². The number of para-hydroxylation sites is 1. The van der Waals surface area contributed by atoms with E-state index in [4.69, 9.17) is 9.84 Å². The quantitative estimate of drug-likeness (QED) is 0.900. The fourth-order valence-electron chi connectivity index (χ4n) is 2.78. The van der Waals surface area contributed by atoms with Crippen LogP contribution in [0.15, 0.2) is 54.6 Å². The summed E-state index contributed by atoms with van der Waals surface area (Å²) in [4.78, 5) is 24.2. The molecule has 0 saturated carbocycles. The Morgan fingerprint density at radius 2 is 1.79 bits per heavy atom. The summed E-state index contributed by atoms with van der Waals surface area (Å²) >= 11 is 0. The van der Waals surface area contributed by atoms with E-state index in [1.165, 1.54) is 4.90 Å². The largest absolute Gasteiger partial charge is 0.465 e. The van der Waals surface area contributed by atoms with Crippen molar-refractivity contribution in [3.05, 3.63) is 60.2 Å². The number of carbonyl (C=O) groups excluding carboxylic acids is 1. The Balaban J connectivity index is 1.57. The van der Waals surface area contributed by atoms with Crippen LogP contribution in [0.1, 0.15) is 17.9 Å². The van der Waals surface area contributed by atoms with Crippen LogP contribution in [0.4, 0.5) is 15.3 Å². The lowest BCUT2D eigenvalue weighted by atomic mass is 9.98. The fourth-order valence-corrected chi connectivity index (χ4v) is 2.78. The zero-order valence-corrected chi connectivity index (χ0v) is 13.0. The first-order valence-electron chi connectivity index (χ1n) is 7.73. The van der Waals surface area contributed by atoms with Gasteiger partial charge in [-0.05, 0) is 36.2 Å². The van der Waals surface area contributed by atoms with E-state index in [0.29, 0.717) is 24.5 Å². The molecular formula is C18H18N2O4. The molecule has 0 aliphatic carbocycles. The van der Waals surface area contributed by atoms with Gasteiger partial charge in [0.15, 0.2) is 0 Å². The summed E-state index contributed by atoms with van der Waals surface area (Å²) in [5.41, 5.74) is 1.70. The first-order valence-corrected chi connectivity index (χ1v) is 7.73. The van der Waals surface area contributed by atoms with Crippen LogP contribution in [0, 0.1) is 0 Å². The van der Waals surface area contributed by atoms with Crippen molar-refractivity contribution in [2.24, 2.45) is 0 Å². The van der Waals surface area contributed by atoms with Crippen LogP contribution in [-0.4, -0.2) is 35.3 Å². The number of hydrogen-bond donors (Lipinski definition) is 2. The van der Waals surface area contributed by atoms with Gasteiger partial charge in [-0.15, -0.1) is 0 Å². The van der Waals surface area contributed by atoms with Crippen molar-refractivity contribution in [2.45, 2.75) is 12.3 Å². The zero-order chi connectivity index (χ0) is 16.9. The van der Waals surface area contributed by atoms with E-state index in [0.717, 1.165) is 12.0 Å². The number of hydrogen-bond acceptors (Lipinski definition) is 3. The number of benzene rings is 2. The van der Waals surface area contributed by atoms with Gasteiger partial charge >= 0.3 is 12.2 Å². The number of carbonyl (C=O) groups is 2. The van der Waals surface area contributed by atoms with Crippen molar-refractivity contribution in [3.63, 3.8) is 0 Å². The van der Waals surface area contributed by atoms with E-state index in [1.807, 2.05) is 18.2 Å². The molecule has 2 aromatic carbocycles. The molecule has 1 aliphatic heterocycles. The van der Waals surface area contributed by atoms with Gasteiger partial charge in [0.25, 0.3) is 0 Å². The van der Waals surface area contributed by atoms with Crippen LogP contribution < -0.4 is 10.1 Å². The average Bonchev–Trinajstić information content (AvgIpc) is 3.07. The third-order valence-electron chi connectivity index (χ3n) is 4.04. The number of ether oxygens (including phenoxy) is 1. The van der Waals surface area contributed by atoms with E-state index in [9.17, 15) is 9.59 Å². The van der Waals surface area contributed by atoms with Crippen molar-refractivity contribution < 1.29 is 19.4 Å². The average molecular weight is 326 g/mol. The van der Waals surface area contributed by atoms with Gasteiger partial charge in [-0.25, -0.2) is 9.59 Å². The number of nitrogens with one attached hydrogen (secondary N) is 1. The first-order chi connectivity index (χ1) is 11.6. The summed E-state index contributed by atoms with van der Waals surface area (Å²) in [7, 11) is 0. The summed E-state index contributed by atoms with van der Waals surface area (Å²) in [5.74, 6) is 0.678. The molecule has 2 N–H and O–H groups in total. The van der Waals surface area contributed by atoms with Gasteiger partial charge in [0.05, 0.1) is 0 Å². The lowest BCUT2D eigenvalue weighted by molar-refractivity contribution is 0.155. The second-order valence-electron chi connectivity index (χ2n) is 5.66. The van der Waals surface area contributed by atoms with Crippen LogP contribution >= 0.6 is 0 Å². The molecule has 0 radical (unpaired) electrons. The summed E-state index contributed by atoms with van der Waals surface area (Å²) in [5, 5.41) is 11.7. The van der Waals surface area contributed by atoms with E-state index in [1.54, 1.807) is 36.4 Å². The van der Waals surface area contributed by atoms with Gasteiger partial charge in [0, 0.05) is 24.7 Å². The summed E-state index contributed by atoms with van der Waals surface area (Å²) < 4.78 is 5.17. The minimum atomic E-state index is -0.876. The maximum atomic E-state index is 11.8. The molecule has 3 rings (SSSR count). The van der Waals surface area contributed by atoms with Crippen LogP contribution in [-0.2, 0) is 0 Å². The predicted molar refractivity (Wildman–Crippen MR) is 89.5 cm³/mol. The van der Waals surface area contributed by atoms with Crippen LogP contribution in [0.5, 0.6) is 5.75 Å². The maximum absolute atomic E-state index is 11.8. The van der Waals surface area contributed by atoms with Gasteiger partial charge in [0.2, 0.25) is 0 Å². The number of nitrogens with zero attached hydrogens (tertiary/aromatic N) is 1. The topological polar surface area (TPSA) is 78.9 Å². The molecule has 1 saturated heterocycles. The molecule has 1 aliphatic rings. The molecule has 124 valence electrons. The van der Waals surface area contributed by atoms with Gasteiger partial charge in [-0.1, -0.05) is 30.3 Å². The van der Waals surface area contributed by atoms with Crippen LogP contribution in [0.2, 0.25) is 0 Å². The monoisotopic (exact) mass is 326 g/mol. The second kappa shape index (κ2) is 7.04. The lowest BCUT2D eigenvalue weighted by Gasteiger charge is -2.13. The highest BCUT2D eigenvalue weighted by atomic mass is 16.6. The molecule has 1 heterocycles. The van der Waals surface area contributed by atoms with E-state index >= 15 is 0 Å². The number of anilines is 1. The molecule has 6 nitrogen and oxygen atoms in total. The Morgan fingerprint density at radius 1 is 1.08 bits per heavy atom. The van der Waals surface area contributed by atoms with E-state index in [2.05, 4.69) is 5.32 Å². The zero-order valence-electron chi connectivity index (χ0n) is 13.0.